The molecule has 0 aromatic carbocycles. The zero-order chi connectivity index (χ0) is 14.3. The second-order valence-electron chi connectivity index (χ2n) is 5.63. The largest absolute Gasteiger partial charge is 0.357 e. The Morgan fingerprint density at radius 3 is 2.37 bits per heavy atom. The van der Waals surface area contributed by atoms with Gasteiger partial charge in [-0.25, -0.2) is 4.98 Å². The van der Waals surface area contributed by atoms with E-state index in [1.807, 2.05) is 6.20 Å². The van der Waals surface area contributed by atoms with Crippen LogP contribution in [0, 0.1) is 5.92 Å². The molecule has 1 N–H and O–H groups in total. The second-order valence-corrected chi connectivity index (χ2v) is 5.63. The first-order valence-corrected chi connectivity index (χ1v) is 7.46. The highest BCUT2D eigenvalue weighted by atomic mass is 15.2. The maximum absolute atomic E-state index is 4.58. The van der Waals surface area contributed by atoms with Crippen LogP contribution in [0.2, 0.25) is 0 Å². The van der Waals surface area contributed by atoms with Gasteiger partial charge in [0.25, 0.3) is 0 Å². The van der Waals surface area contributed by atoms with Crippen molar-refractivity contribution in [1.29, 1.82) is 0 Å². The van der Waals surface area contributed by atoms with Crippen molar-refractivity contribution < 1.29 is 0 Å². The van der Waals surface area contributed by atoms with Crippen molar-refractivity contribution in [2.75, 3.05) is 18.5 Å². The summed E-state index contributed by atoms with van der Waals surface area (Å²) in [5.74, 6) is 1.76. The molecule has 108 valence electrons. The molecule has 3 nitrogen and oxygen atoms in total. The molecule has 0 aliphatic rings. The van der Waals surface area contributed by atoms with Gasteiger partial charge >= 0.3 is 0 Å². The van der Waals surface area contributed by atoms with Crippen molar-refractivity contribution in [1.82, 2.24) is 10.3 Å². The van der Waals surface area contributed by atoms with Crippen molar-refractivity contribution >= 4 is 5.82 Å². The number of aromatic nitrogens is 1. The van der Waals surface area contributed by atoms with Gasteiger partial charge in [0.05, 0.1) is 0 Å². The summed E-state index contributed by atoms with van der Waals surface area (Å²) in [5.41, 5.74) is 1.25. The van der Waals surface area contributed by atoms with Crippen molar-refractivity contribution in [3.63, 3.8) is 0 Å². The molecular weight excluding hydrogens is 234 g/mol. The van der Waals surface area contributed by atoms with E-state index in [0.29, 0.717) is 12.0 Å². The summed E-state index contributed by atoms with van der Waals surface area (Å²) < 4.78 is 0. The van der Waals surface area contributed by atoms with Gasteiger partial charge in [-0.1, -0.05) is 33.8 Å². The normalized spacial score (nSPS) is 11.3. The summed E-state index contributed by atoms with van der Waals surface area (Å²) in [4.78, 5) is 6.86. The van der Waals surface area contributed by atoms with Crippen molar-refractivity contribution in [3.05, 3.63) is 23.9 Å². The molecule has 1 heterocycles. The van der Waals surface area contributed by atoms with Crippen LogP contribution in [0.15, 0.2) is 18.3 Å². The van der Waals surface area contributed by atoms with Gasteiger partial charge in [0.1, 0.15) is 5.82 Å². The topological polar surface area (TPSA) is 28.2 Å². The minimum absolute atomic E-state index is 0.581. The molecule has 0 aliphatic heterocycles. The average Bonchev–Trinajstić information content (AvgIpc) is 2.40. The third-order valence-corrected chi connectivity index (χ3v) is 3.54. The predicted octanol–water partition coefficient (Wildman–Crippen LogP) is 3.45. The van der Waals surface area contributed by atoms with E-state index in [9.17, 15) is 0 Å². The smallest absolute Gasteiger partial charge is 0.128 e. The fraction of sp³-hybridized carbons (Fsp3) is 0.688. The first-order valence-electron chi connectivity index (χ1n) is 7.46. The van der Waals surface area contributed by atoms with Gasteiger partial charge in [0, 0.05) is 25.8 Å². The average molecular weight is 263 g/mol. The number of nitrogens with one attached hydrogen (secondary N) is 1. The second kappa shape index (κ2) is 8.16. The van der Waals surface area contributed by atoms with E-state index in [-0.39, 0.29) is 0 Å². The summed E-state index contributed by atoms with van der Waals surface area (Å²) in [6, 6.07) is 4.89. The van der Waals surface area contributed by atoms with E-state index in [1.54, 1.807) is 0 Å². The Hall–Kier alpha value is -1.09. The first kappa shape index (κ1) is 16.0. The van der Waals surface area contributed by atoms with Crippen LogP contribution in [0.25, 0.3) is 0 Å². The van der Waals surface area contributed by atoms with Crippen molar-refractivity contribution in [3.8, 4) is 0 Å². The Morgan fingerprint density at radius 1 is 1.21 bits per heavy atom. The molecule has 0 aliphatic carbocycles. The predicted molar refractivity (Wildman–Crippen MR) is 83.6 cm³/mol. The van der Waals surface area contributed by atoms with Gasteiger partial charge in [-0.3, -0.25) is 0 Å². The lowest BCUT2D eigenvalue weighted by Gasteiger charge is -2.27. The highest BCUT2D eigenvalue weighted by Gasteiger charge is 2.11. The molecule has 0 saturated heterocycles. The lowest BCUT2D eigenvalue weighted by Crippen LogP contribution is -2.31. The van der Waals surface area contributed by atoms with E-state index < -0.39 is 0 Å². The van der Waals surface area contributed by atoms with E-state index in [4.69, 9.17) is 0 Å². The molecule has 0 bridgehead atoms. The minimum atomic E-state index is 0.581. The number of hydrogen-bond donors (Lipinski definition) is 1. The Balaban J connectivity index is 2.55. The number of pyridine rings is 1. The van der Waals surface area contributed by atoms with Crippen molar-refractivity contribution in [2.24, 2.45) is 5.92 Å². The number of nitrogens with zero attached hydrogens (tertiary/aromatic N) is 2. The maximum atomic E-state index is 4.58. The van der Waals surface area contributed by atoms with Crippen LogP contribution >= 0.6 is 0 Å². The molecule has 1 aromatic rings. The van der Waals surface area contributed by atoms with Gasteiger partial charge in [-0.2, -0.15) is 0 Å². The van der Waals surface area contributed by atoms with Gasteiger partial charge in [-0.15, -0.1) is 0 Å². The number of rotatable bonds is 8. The Bertz CT molecular complexity index is 342. The van der Waals surface area contributed by atoms with Gasteiger partial charge in [0.15, 0.2) is 0 Å². The molecule has 0 unspecified atom stereocenters. The summed E-state index contributed by atoms with van der Waals surface area (Å²) >= 11 is 0. The third-order valence-electron chi connectivity index (χ3n) is 3.54. The lowest BCUT2D eigenvalue weighted by atomic mass is 10.1. The highest BCUT2D eigenvalue weighted by molar-refractivity contribution is 5.39. The Labute approximate surface area is 118 Å². The molecule has 0 atom stereocenters. The van der Waals surface area contributed by atoms with Crippen LogP contribution in [0.4, 0.5) is 5.82 Å². The minimum Gasteiger partial charge on any atom is -0.357 e. The molecule has 1 aromatic heterocycles. The van der Waals surface area contributed by atoms with Crippen LogP contribution in [-0.2, 0) is 6.54 Å². The summed E-state index contributed by atoms with van der Waals surface area (Å²) in [7, 11) is 2.14. The molecule has 0 saturated carbocycles. The molecule has 19 heavy (non-hydrogen) atoms. The van der Waals surface area contributed by atoms with Crippen LogP contribution in [0.1, 0.15) is 46.1 Å². The maximum Gasteiger partial charge on any atom is 0.128 e. The van der Waals surface area contributed by atoms with Crippen LogP contribution in [-0.4, -0.2) is 24.6 Å². The lowest BCUT2D eigenvalue weighted by molar-refractivity contribution is 0.551. The molecule has 0 radical (unpaired) electrons. The fourth-order valence-electron chi connectivity index (χ4n) is 2.26. The standard InChI is InChI=1S/C16H29N3/c1-6-15(7-2)19(5)16-9-8-14(12-18-16)11-17-10-13(3)4/h8-9,12-13,15,17H,6-7,10-11H2,1-5H3. The Kier molecular flexibility index (Phi) is 6.85. The van der Waals surface area contributed by atoms with Crippen LogP contribution < -0.4 is 10.2 Å². The fourth-order valence-corrected chi connectivity index (χ4v) is 2.26. The third kappa shape index (κ3) is 5.19. The zero-order valence-corrected chi connectivity index (χ0v) is 13.1. The molecule has 0 spiro atoms. The van der Waals surface area contributed by atoms with Gasteiger partial charge in [-0.05, 0) is 36.9 Å². The first-order chi connectivity index (χ1) is 9.08. The van der Waals surface area contributed by atoms with Crippen LogP contribution in [0.3, 0.4) is 0 Å². The Morgan fingerprint density at radius 2 is 1.89 bits per heavy atom. The van der Waals surface area contributed by atoms with Gasteiger partial charge in [0.2, 0.25) is 0 Å². The molecule has 0 fully saturated rings. The molecule has 1 rings (SSSR count). The summed E-state index contributed by atoms with van der Waals surface area (Å²) in [5, 5.41) is 3.44. The number of hydrogen-bond acceptors (Lipinski definition) is 3. The van der Waals surface area contributed by atoms with E-state index in [2.05, 4.69) is 62.1 Å². The summed E-state index contributed by atoms with van der Waals surface area (Å²) in [6.45, 7) is 10.9. The SMILES string of the molecule is CCC(CC)N(C)c1ccc(CNCC(C)C)cn1. The number of anilines is 1. The zero-order valence-electron chi connectivity index (χ0n) is 13.1. The molecule has 3 heteroatoms. The van der Waals surface area contributed by atoms with E-state index >= 15 is 0 Å². The van der Waals surface area contributed by atoms with E-state index in [0.717, 1.165) is 31.7 Å². The summed E-state index contributed by atoms with van der Waals surface area (Å²) in [6.07, 6.45) is 4.31. The molecular formula is C16H29N3. The quantitative estimate of drug-likeness (QED) is 0.778. The highest BCUT2D eigenvalue weighted by Crippen LogP contribution is 2.16. The van der Waals surface area contributed by atoms with Crippen LogP contribution in [0.5, 0.6) is 0 Å². The van der Waals surface area contributed by atoms with E-state index in [1.165, 1.54) is 5.56 Å². The monoisotopic (exact) mass is 263 g/mol. The van der Waals surface area contributed by atoms with Crippen molar-refractivity contribution in [2.45, 2.75) is 53.1 Å². The molecule has 0 amide bonds. The van der Waals surface area contributed by atoms with Gasteiger partial charge < -0.3 is 10.2 Å².